The zero-order valence-corrected chi connectivity index (χ0v) is 39.4. The second-order valence-corrected chi connectivity index (χ2v) is 18.9. The van der Waals surface area contributed by atoms with Crippen LogP contribution in [0.25, 0.3) is 0 Å². The Hall–Kier alpha value is -1.51. The topological polar surface area (TPSA) is 111 Å². The van der Waals surface area contributed by atoms with Crippen molar-refractivity contribution in [3.8, 4) is 0 Å². The summed E-state index contributed by atoms with van der Waals surface area (Å²) in [5, 5.41) is 0. The zero-order chi connectivity index (χ0) is 42.8. The molecule has 0 spiro atoms. The molecule has 0 heterocycles. The maximum atomic E-state index is 12.7. The van der Waals surface area contributed by atoms with Crippen LogP contribution < -0.4 is 4.89 Å². The SMILES string of the molecule is CCCCC/C=C/C/C=C/CCCCCCCCCC(=O)O[C@H](COC(=O)CCCCCCCCCCCCCCCCCCC)COP(=O)([O-])OCC[N+](C)(C)C. The van der Waals surface area contributed by atoms with E-state index in [9.17, 15) is 19.0 Å². The molecule has 0 amide bonds. The summed E-state index contributed by atoms with van der Waals surface area (Å²) < 4.78 is 34.0. The van der Waals surface area contributed by atoms with Gasteiger partial charge in [-0.2, -0.15) is 0 Å². The van der Waals surface area contributed by atoms with Gasteiger partial charge >= 0.3 is 11.9 Å². The summed E-state index contributed by atoms with van der Waals surface area (Å²) in [4.78, 5) is 37.6. The van der Waals surface area contributed by atoms with Crippen LogP contribution in [0.1, 0.15) is 219 Å². The van der Waals surface area contributed by atoms with Crippen LogP contribution in [-0.2, 0) is 32.7 Å². The number of carbonyl (C=O) groups excluding carboxylic acids is 2. The molecule has 10 heteroatoms. The van der Waals surface area contributed by atoms with Gasteiger partial charge in [0.25, 0.3) is 7.82 Å². The molecule has 0 aliphatic heterocycles. The Morgan fingerprint density at radius 2 is 0.931 bits per heavy atom. The molecule has 0 radical (unpaired) electrons. The van der Waals surface area contributed by atoms with E-state index in [1.165, 1.54) is 135 Å². The van der Waals surface area contributed by atoms with E-state index in [2.05, 4.69) is 38.2 Å². The smallest absolute Gasteiger partial charge is 0.306 e. The molecular weight excluding hydrogens is 750 g/mol. The van der Waals surface area contributed by atoms with Gasteiger partial charge in [0.2, 0.25) is 0 Å². The lowest BCUT2D eigenvalue weighted by atomic mass is 10.0. The van der Waals surface area contributed by atoms with Crippen molar-refractivity contribution in [3.05, 3.63) is 24.3 Å². The van der Waals surface area contributed by atoms with Crippen molar-refractivity contribution in [3.63, 3.8) is 0 Å². The van der Waals surface area contributed by atoms with Crippen molar-refractivity contribution in [1.29, 1.82) is 0 Å². The van der Waals surface area contributed by atoms with Crippen molar-refractivity contribution in [2.45, 2.75) is 225 Å². The van der Waals surface area contributed by atoms with Gasteiger partial charge in [0, 0.05) is 12.8 Å². The molecule has 0 saturated heterocycles. The first-order valence-corrected chi connectivity index (χ1v) is 25.5. The van der Waals surface area contributed by atoms with Crippen molar-refractivity contribution >= 4 is 19.8 Å². The number of unbranched alkanes of at least 4 members (excludes halogenated alkanes) is 26. The molecule has 342 valence electrons. The van der Waals surface area contributed by atoms with Gasteiger partial charge < -0.3 is 27.9 Å². The highest BCUT2D eigenvalue weighted by Gasteiger charge is 2.21. The second-order valence-electron chi connectivity index (χ2n) is 17.5. The molecule has 0 saturated carbocycles. The molecule has 0 rings (SSSR count). The average molecular weight is 842 g/mol. The Morgan fingerprint density at radius 1 is 0.534 bits per heavy atom. The van der Waals surface area contributed by atoms with Gasteiger partial charge in [-0.05, 0) is 44.9 Å². The summed E-state index contributed by atoms with van der Waals surface area (Å²) in [6.45, 7) is 4.22. The Bertz CT molecular complexity index is 1040. The molecule has 0 bridgehead atoms. The summed E-state index contributed by atoms with van der Waals surface area (Å²) in [6, 6.07) is 0. The van der Waals surface area contributed by atoms with Crippen molar-refractivity contribution < 1.29 is 42.1 Å². The lowest BCUT2D eigenvalue weighted by molar-refractivity contribution is -0.870. The first-order valence-electron chi connectivity index (χ1n) is 24.0. The molecule has 58 heavy (non-hydrogen) atoms. The Labute approximate surface area is 358 Å². The Kier molecular flexibility index (Phi) is 39.8. The number of esters is 2. The van der Waals surface area contributed by atoms with Crippen LogP contribution in [0.4, 0.5) is 0 Å². The number of carbonyl (C=O) groups is 2. The molecule has 1 unspecified atom stereocenters. The predicted molar refractivity (Wildman–Crippen MR) is 241 cm³/mol. The third-order valence-corrected chi connectivity index (χ3v) is 11.4. The number of rotatable bonds is 44. The van der Waals surface area contributed by atoms with E-state index >= 15 is 0 Å². The first-order chi connectivity index (χ1) is 28.0. The highest BCUT2D eigenvalue weighted by atomic mass is 31.2. The van der Waals surface area contributed by atoms with Crippen molar-refractivity contribution in [2.75, 3.05) is 47.5 Å². The van der Waals surface area contributed by atoms with E-state index in [1.54, 1.807) is 0 Å². The van der Waals surface area contributed by atoms with Gasteiger partial charge in [-0.25, -0.2) is 0 Å². The minimum absolute atomic E-state index is 0.0305. The molecule has 0 aromatic rings. The fraction of sp³-hybridized carbons (Fsp3) is 0.875. The van der Waals surface area contributed by atoms with Gasteiger partial charge in [0.1, 0.15) is 19.8 Å². The van der Waals surface area contributed by atoms with Gasteiger partial charge in [-0.1, -0.05) is 186 Å². The molecule has 0 aliphatic carbocycles. The van der Waals surface area contributed by atoms with Crippen molar-refractivity contribution in [1.82, 2.24) is 0 Å². The molecular formula is C48H92NO8P. The predicted octanol–water partition coefficient (Wildman–Crippen LogP) is 13.3. The Balaban J connectivity index is 4.29. The fourth-order valence-electron chi connectivity index (χ4n) is 6.69. The molecule has 0 aromatic carbocycles. The number of ether oxygens (including phenoxy) is 2. The largest absolute Gasteiger partial charge is 0.756 e. The first kappa shape index (κ1) is 56.5. The Morgan fingerprint density at radius 3 is 1.40 bits per heavy atom. The van der Waals surface area contributed by atoms with Crippen LogP contribution >= 0.6 is 7.82 Å². The van der Waals surface area contributed by atoms with Crippen LogP contribution in [0.5, 0.6) is 0 Å². The number of phosphoric ester groups is 1. The molecule has 9 nitrogen and oxygen atoms in total. The maximum Gasteiger partial charge on any atom is 0.306 e. The molecule has 0 aromatic heterocycles. The summed E-state index contributed by atoms with van der Waals surface area (Å²) in [7, 11) is 1.17. The zero-order valence-electron chi connectivity index (χ0n) is 38.5. The van der Waals surface area contributed by atoms with Gasteiger partial charge in [0.05, 0.1) is 27.7 Å². The monoisotopic (exact) mass is 842 g/mol. The number of quaternary nitrogens is 1. The van der Waals surface area contributed by atoms with Gasteiger partial charge in [0.15, 0.2) is 6.10 Å². The van der Waals surface area contributed by atoms with Crippen molar-refractivity contribution in [2.24, 2.45) is 0 Å². The average Bonchev–Trinajstić information content (AvgIpc) is 3.17. The number of phosphoric acid groups is 1. The summed E-state index contributed by atoms with van der Waals surface area (Å²) in [5.74, 6) is -0.833. The summed E-state index contributed by atoms with van der Waals surface area (Å²) in [5.41, 5.74) is 0. The minimum atomic E-state index is -4.63. The second kappa shape index (κ2) is 40.9. The summed E-state index contributed by atoms with van der Waals surface area (Å²) in [6.07, 6.45) is 44.8. The molecule has 0 N–H and O–H groups in total. The van der Waals surface area contributed by atoms with Crippen LogP contribution in [0.3, 0.4) is 0 Å². The van der Waals surface area contributed by atoms with Gasteiger partial charge in [-0.15, -0.1) is 0 Å². The maximum absolute atomic E-state index is 12.7. The quantitative estimate of drug-likeness (QED) is 0.0196. The number of hydrogen-bond acceptors (Lipinski definition) is 8. The number of nitrogens with zero attached hydrogens (tertiary/aromatic N) is 1. The third kappa shape index (κ3) is 44.1. The van der Waals surface area contributed by atoms with Crippen LogP contribution in [0, 0.1) is 0 Å². The van der Waals surface area contributed by atoms with E-state index in [4.69, 9.17) is 18.5 Å². The lowest BCUT2D eigenvalue weighted by Crippen LogP contribution is -2.37. The van der Waals surface area contributed by atoms with Crippen LogP contribution in [0.2, 0.25) is 0 Å². The number of likely N-dealkylation sites (N-methyl/N-ethyl adjacent to an activating group) is 1. The molecule has 0 fully saturated rings. The standard InChI is InChI=1S/C48H92NO8P/c1-6-8-10-12-14-16-18-20-22-24-26-28-30-32-34-36-38-40-47(50)54-44-46(45-56-58(52,53)55-43-42-49(3,4)5)57-48(51)41-39-37-35-33-31-29-27-25-23-21-19-17-15-13-11-9-7-2/h15,17,21,23,46H,6-14,16,18-20,22,24-45H2,1-5H3/b17-15+,23-21+/t46-/m1/s1. The number of hydrogen-bond donors (Lipinski definition) is 0. The lowest BCUT2D eigenvalue weighted by Gasteiger charge is -2.28. The fourth-order valence-corrected chi connectivity index (χ4v) is 7.41. The summed E-state index contributed by atoms with van der Waals surface area (Å²) >= 11 is 0. The minimum Gasteiger partial charge on any atom is -0.756 e. The number of allylic oxidation sites excluding steroid dienone is 4. The van der Waals surface area contributed by atoms with E-state index in [0.717, 1.165) is 51.4 Å². The highest BCUT2D eigenvalue weighted by molar-refractivity contribution is 7.45. The van der Waals surface area contributed by atoms with E-state index in [1.807, 2.05) is 21.1 Å². The van der Waals surface area contributed by atoms with E-state index in [0.29, 0.717) is 17.4 Å². The van der Waals surface area contributed by atoms with E-state index < -0.39 is 26.5 Å². The highest BCUT2D eigenvalue weighted by Crippen LogP contribution is 2.38. The molecule has 2 atom stereocenters. The normalized spacial score (nSPS) is 13.7. The molecule has 0 aliphatic rings. The van der Waals surface area contributed by atoms with E-state index in [-0.39, 0.29) is 32.0 Å². The van der Waals surface area contributed by atoms with Crippen LogP contribution in [-0.4, -0.2) is 70.0 Å². The van der Waals surface area contributed by atoms with Gasteiger partial charge in [-0.3, -0.25) is 14.2 Å². The van der Waals surface area contributed by atoms with Crippen LogP contribution in [0.15, 0.2) is 24.3 Å². The third-order valence-electron chi connectivity index (χ3n) is 10.5.